The van der Waals surface area contributed by atoms with Crippen LogP contribution >= 0.6 is 12.2 Å². The molecule has 0 aliphatic carbocycles. The highest BCUT2D eigenvalue weighted by Gasteiger charge is 2.37. The van der Waals surface area contributed by atoms with Gasteiger partial charge in [-0.25, -0.2) is 8.42 Å². The lowest BCUT2D eigenvalue weighted by atomic mass is 10.1. The Labute approximate surface area is 131 Å². The summed E-state index contributed by atoms with van der Waals surface area (Å²) in [4.78, 5) is 0.493. The Morgan fingerprint density at radius 3 is 2.43 bits per heavy atom. The van der Waals surface area contributed by atoms with Crippen molar-refractivity contribution in [1.29, 1.82) is 0 Å². The highest BCUT2D eigenvalue weighted by atomic mass is 32.2. The van der Waals surface area contributed by atoms with E-state index in [2.05, 4.69) is 0 Å². The van der Waals surface area contributed by atoms with Crippen molar-refractivity contribution in [2.45, 2.75) is 37.4 Å². The van der Waals surface area contributed by atoms with Crippen molar-refractivity contribution in [3.05, 3.63) is 29.8 Å². The fourth-order valence-corrected chi connectivity index (χ4v) is 4.32. The molecule has 0 aromatic heterocycles. The largest absolute Gasteiger partial charge is 0.389 e. The van der Waals surface area contributed by atoms with Crippen LogP contribution in [-0.2, 0) is 14.8 Å². The summed E-state index contributed by atoms with van der Waals surface area (Å²) >= 11 is 4.87. The highest BCUT2D eigenvalue weighted by Crippen LogP contribution is 2.26. The van der Waals surface area contributed by atoms with Crippen molar-refractivity contribution >= 4 is 27.2 Å². The van der Waals surface area contributed by atoms with Gasteiger partial charge in [-0.3, -0.25) is 0 Å². The molecule has 1 unspecified atom stereocenters. The van der Waals surface area contributed by atoms with Crippen LogP contribution in [0.2, 0.25) is 0 Å². The summed E-state index contributed by atoms with van der Waals surface area (Å²) in [7, 11) is -3.54. The lowest BCUT2D eigenvalue weighted by molar-refractivity contribution is -0.109. The molecular formula is C14H20N2O3S2. The Balaban J connectivity index is 2.31. The fraction of sp³-hybridized carbons (Fsp3) is 0.500. The normalized spacial score (nSPS) is 22.9. The van der Waals surface area contributed by atoms with Gasteiger partial charge in [-0.15, -0.1) is 0 Å². The summed E-state index contributed by atoms with van der Waals surface area (Å²) in [6, 6.07) is 6.34. The molecule has 116 valence electrons. The van der Waals surface area contributed by atoms with Gasteiger partial charge >= 0.3 is 0 Å². The first-order chi connectivity index (χ1) is 9.62. The smallest absolute Gasteiger partial charge is 0.243 e. The molecule has 0 bridgehead atoms. The second-order valence-electron chi connectivity index (χ2n) is 5.87. The maximum atomic E-state index is 12.7. The molecule has 1 heterocycles. The number of sulfonamides is 1. The summed E-state index contributed by atoms with van der Waals surface area (Å²) in [5.74, 6) is 0. The number of hydrogen-bond donors (Lipinski definition) is 1. The average Bonchev–Trinajstić information content (AvgIpc) is 2.36. The first-order valence-electron chi connectivity index (χ1n) is 6.70. The third kappa shape index (κ3) is 3.60. The number of thiocarbonyl (C=S) groups is 1. The van der Waals surface area contributed by atoms with Crippen LogP contribution in [0, 0.1) is 0 Å². The van der Waals surface area contributed by atoms with E-state index in [4.69, 9.17) is 22.7 Å². The van der Waals surface area contributed by atoms with E-state index in [0.29, 0.717) is 18.7 Å². The number of hydrogen-bond acceptors (Lipinski definition) is 4. The van der Waals surface area contributed by atoms with Gasteiger partial charge in [-0.2, -0.15) is 4.31 Å². The maximum Gasteiger partial charge on any atom is 0.243 e. The molecule has 0 saturated carbocycles. The van der Waals surface area contributed by atoms with E-state index >= 15 is 0 Å². The molecule has 1 fully saturated rings. The molecule has 0 radical (unpaired) electrons. The molecule has 5 nitrogen and oxygen atoms in total. The molecule has 21 heavy (non-hydrogen) atoms. The number of rotatable bonds is 3. The van der Waals surface area contributed by atoms with Crippen LogP contribution in [0.5, 0.6) is 0 Å². The van der Waals surface area contributed by atoms with Crippen LogP contribution in [0.4, 0.5) is 0 Å². The molecule has 1 aliphatic heterocycles. The van der Waals surface area contributed by atoms with Gasteiger partial charge in [-0.1, -0.05) is 24.4 Å². The summed E-state index contributed by atoms with van der Waals surface area (Å²) in [6.45, 7) is 6.33. The minimum absolute atomic E-state index is 0.139. The second kappa shape index (κ2) is 5.64. The molecule has 1 aliphatic rings. The van der Waals surface area contributed by atoms with Crippen LogP contribution in [0.1, 0.15) is 26.3 Å². The first kappa shape index (κ1) is 16.4. The third-order valence-corrected chi connectivity index (χ3v) is 5.38. The van der Waals surface area contributed by atoms with Gasteiger partial charge in [0.05, 0.1) is 16.6 Å². The Morgan fingerprint density at radius 2 is 1.95 bits per heavy atom. The quantitative estimate of drug-likeness (QED) is 0.852. The van der Waals surface area contributed by atoms with Gasteiger partial charge in [0.2, 0.25) is 10.0 Å². The molecule has 1 aromatic carbocycles. The first-order valence-corrected chi connectivity index (χ1v) is 8.54. The van der Waals surface area contributed by atoms with Crippen LogP contribution in [0.3, 0.4) is 0 Å². The molecule has 1 aromatic rings. The van der Waals surface area contributed by atoms with E-state index in [1.54, 1.807) is 12.1 Å². The van der Waals surface area contributed by atoms with Crippen molar-refractivity contribution < 1.29 is 13.2 Å². The summed E-state index contributed by atoms with van der Waals surface area (Å²) in [5.41, 5.74) is 5.68. The Kier molecular flexibility index (Phi) is 4.39. The number of nitrogens with two attached hydrogens (primary N) is 1. The van der Waals surface area contributed by atoms with Crippen LogP contribution in [-0.4, -0.2) is 42.5 Å². The monoisotopic (exact) mass is 328 g/mol. The van der Waals surface area contributed by atoms with Gasteiger partial charge in [0, 0.05) is 18.7 Å². The summed E-state index contributed by atoms with van der Waals surface area (Å²) < 4.78 is 32.6. The maximum absolute atomic E-state index is 12.7. The molecule has 7 heteroatoms. The SMILES string of the molecule is CC1CN(S(=O)(=O)c2ccc(C(N)=S)cc2)CC(C)(C)O1. The zero-order valence-electron chi connectivity index (χ0n) is 12.4. The zero-order valence-corrected chi connectivity index (χ0v) is 14.0. The van der Waals surface area contributed by atoms with E-state index in [1.165, 1.54) is 16.4 Å². The van der Waals surface area contributed by atoms with Crippen molar-refractivity contribution in [3.63, 3.8) is 0 Å². The number of nitrogens with zero attached hydrogens (tertiary/aromatic N) is 1. The number of ether oxygens (including phenoxy) is 1. The average molecular weight is 328 g/mol. The second-order valence-corrected chi connectivity index (χ2v) is 8.25. The molecule has 1 saturated heterocycles. The van der Waals surface area contributed by atoms with E-state index in [0.717, 1.165) is 0 Å². The van der Waals surface area contributed by atoms with Gasteiger partial charge in [0.15, 0.2) is 0 Å². The van der Waals surface area contributed by atoms with Crippen molar-refractivity contribution in [2.24, 2.45) is 5.73 Å². The van der Waals surface area contributed by atoms with E-state index in [-0.39, 0.29) is 16.0 Å². The fourth-order valence-electron chi connectivity index (χ4n) is 2.52. The summed E-state index contributed by atoms with van der Waals surface area (Å²) in [5, 5.41) is 0. The number of benzene rings is 1. The predicted molar refractivity (Wildman–Crippen MR) is 85.7 cm³/mol. The topological polar surface area (TPSA) is 72.6 Å². The van der Waals surface area contributed by atoms with Crippen LogP contribution in [0.15, 0.2) is 29.2 Å². The molecule has 2 rings (SSSR count). The lowest BCUT2D eigenvalue weighted by Gasteiger charge is -2.40. The molecule has 1 atom stereocenters. The minimum Gasteiger partial charge on any atom is -0.389 e. The third-order valence-electron chi connectivity index (χ3n) is 3.31. The van der Waals surface area contributed by atoms with Crippen molar-refractivity contribution in [2.75, 3.05) is 13.1 Å². The van der Waals surface area contributed by atoms with E-state index in [1.807, 2.05) is 20.8 Å². The zero-order chi connectivity index (χ0) is 15.8. The Hall–Kier alpha value is -1.02. The van der Waals surface area contributed by atoms with Gasteiger partial charge < -0.3 is 10.5 Å². The molecule has 0 spiro atoms. The van der Waals surface area contributed by atoms with E-state index < -0.39 is 15.6 Å². The highest BCUT2D eigenvalue weighted by molar-refractivity contribution is 7.89. The molecule has 2 N–H and O–H groups in total. The number of morpholine rings is 1. The van der Waals surface area contributed by atoms with Crippen molar-refractivity contribution in [1.82, 2.24) is 4.31 Å². The predicted octanol–water partition coefficient (Wildman–Crippen LogP) is 1.51. The Morgan fingerprint density at radius 1 is 1.38 bits per heavy atom. The van der Waals surface area contributed by atoms with Crippen molar-refractivity contribution in [3.8, 4) is 0 Å². The summed E-state index contributed by atoms with van der Waals surface area (Å²) in [6.07, 6.45) is -0.139. The standard InChI is InChI=1S/C14H20N2O3S2/c1-10-8-16(9-14(2,3)19-10)21(17,18)12-6-4-11(5-7-12)13(15)20/h4-7,10H,8-9H2,1-3H3,(H2,15,20). The molecular weight excluding hydrogens is 308 g/mol. The van der Waals surface area contributed by atoms with Gasteiger partial charge in [-0.05, 0) is 32.9 Å². The van der Waals surface area contributed by atoms with Gasteiger partial charge in [0.25, 0.3) is 0 Å². The lowest BCUT2D eigenvalue weighted by Crippen LogP contribution is -2.53. The molecule has 0 amide bonds. The Bertz CT molecular complexity index is 639. The van der Waals surface area contributed by atoms with Crippen LogP contribution in [0.25, 0.3) is 0 Å². The van der Waals surface area contributed by atoms with E-state index in [9.17, 15) is 8.42 Å². The van der Waals surface area contributed by atoms with Gasteiger partial charge in [0.1, 0.15) is 4.99 Å². The van der Waals surface area contributed by atoms with Crippen LogP contribution < -0.4 is 5.73 Å². The minimum atomic E-state index is -3.54.